The van der Waals surface area contributed by atoms with Gasteiger partial charge in [0.05, 0.1) is 0 Å². The molecule has 3 rings (SSSR count). The van der Waals surface area contributed by atoms with Gasteiger partial charge in [0.1, 0.15) is 0 Å². The summed E-state index contributed by atoms with van der Waals surface area (Å²) in [5.74, 6) is 4.55. The van der Waals surface area contributed by atoms with Crippen molar-refractivity contribution in [1.82, 2.24) is 0 Å². The maximum Gasteiger partial charge on any atom is -0.0383 e. The van der Waals surface area contributed by atoms with Crippen LogP contribution in [0.5, 0.6) is 0 Å². The summed E-state index contributed by atoms with van der Waals surface area (Å²) in [6, 6.07) is 0. The van der Waals surface area contributed by atoms with Crippen LogP contribution >= 0.6 is 0 Å². The van der Waals surface area contributed by atoms with Crippen molar-refractivity contribution in [3.63, 3.8) is 0 Å². The van der Waals surface area contributed by atoms with Gasteiger partial charge in [-0.05, 0) is 42.9 Å². The molecule has 0 radical (unpaired) electrons. The molecule has 3 saturated carbocycles. The lowest BCUT2D eigenvalue weighted by atomic mass is 9.74. The lowest BCUT2D eigenvalue weighted by molar-refractivity contribution is 0.194. The number of rotatable bonds is 0. The van der Waals surface area contributed by atoms with E-state index in [1.807, 2.05) is 0 Å². The Labute approximate surface area is 94.8 Å². The Bertz CT molecular complexity index is 186. The third-order valence-corrected chi connectivity index (χ3v) is 5.48. The van der Waals surface area contributed by atoms with Gasteiger partial charge < -0.3 is 0 Å². The van der Waals surface area contributed by atoms with Crippen LogP contribution in [0.2, 0.25) is 0 Å². The largest absolute Gasteiger partial charge is 0.0530 e. The van der Waals surface area contributed by atoms with E-state index < -0.39 is 0 Å². The standard InChI is InChI=1S/C15H26/c1-2-6-13-9-12(5-1)10-14-7-3-4-8-15(14)11-13/h12-15H,1-11H2. The molecule has 0 amide bonds. The average molecular weight is 206 g/mol. The highest BCUT2D eigenvalue weighted by atomic mass is 14.4. The van der Waals surface area contributed by atoms with E-state index >= 15 is 0 Å². The molecule has 0 aromatic rings. The molecule has 0 N–H and O–H groups in total. The lowest BCUT2D eigenvalue weighted by Gasteiger charge is -2.32. The predicted octanol–water partition coefficient (Wildman–Crippen LogP) is 4.78. The van der Waals surface area contributed by atoms with E-state index in [1.54, 1.807) is 70.6 Å². The fourth-order valence-electron chi connectivity index (χ4n) is 4.76. The van der Waals surface area contributed by atoms with Crippen molar-refractivity contribution >= 4 is 0 Å². The van der Waals surface area contributed by atoms with Gasteiger partial charge in [-0.1, -0.05) is 51.4 Å². The molecule has 0 heterocycles. The van der Waals surface area contributed by atoms with Gasteiger partial charge in [-0.2, -0.15) is 0 Å². The molecule has 3 fully saturated rings. The topological polar surface area (TPSA) is 0 Å². The summed E-state index contributed by atoms with van der Waals surface area (Å²) in [4.78, 5) is 0. The number of hydrogen-bond acceptors (Lipinski definition) is 0. The van der Waals surface area contributed by atoms with Crippen molar-refractivity contribution in [2.45, 2.75) is 70.6 Å². The fraction of sp³-hybridized carbons (Fsp3) is 1.00. The molecule has 0 heteroatoms. The minimum absolute atomic E-state index is 1.13. The highest BCUT2D eigenvalue weighted by molar-refractivity contribution is 4.86. The molecule has 4 atom stereocenters. The Morgan fingerprint density at radius 3 is 1.47 bits per heavy atom. The molecule has 0 spiro atoms. The molecular weight excluding hydrogens is 180 g/mol. The summed E-state index contributed by atoms with van der Waals surface area (Å²) in [5.41, 5.74) is 0. The summed E-state index contributed by atoms with van der Waals surface area (Å²) in [6.45, 7) is 0. The van der Waals surface area contributed by atoms with E-state index in [1.165, 1.54) is 0 Å². The molecule has 0 aromatic heterocycles. The normalized spacial score (nSPS) is 46.4. The van der Waals surface area contributed by atoms with Gasteiger partial charge in [-0.25, -0.2) is 0 Å². The molecule has 4 unspecified atom stereocenters. The number of hydrogen-bond donors (Lipinski definition) is 0. The molecule has 86 valence electrons. The van der Waals surface area contributed by atoms with E-state index in [4.69, 9.17) is 0 Å². The Balaban J connectivity index is 1.73. The summed E-state index contributed by atoms with van der Waals surface area (Å²) in [7, 11) is 0. The molecular formula is C15H26. The van der Waals surface area contributed by atoms with Crippen LogP contribution in [0.15, 0.2) is 0 Å². The van der Waals surface area contributed by atoms with Crippen LogP contribution in [-0.4, -0.2) is 0 Å². The maximum atomic E-state index is 1.61. The first-order valence-electron chi connectivity index (χ1n) is 7.42. The van der Waals surface area contributed by atoms with Crippen molar-refractivity contribution in [2.75, 3.05) is 0 Å². The minimum Gasteiger partial charge on any atom is -0.0530 e. The van der Waals surface area contributed by atoms with Crippen molar-refractivity contribution in [1.29, 1.82) is 0 Å². The van der Waals surface area contributed by atoms with Crippen molar-refractivity contribution in [2.24, 2.45) is 23.7 Å². The quantitative estimate of drug-likeness (QED) is 0.535. The second kappa shape index (κ2) is 4.47. The summed E-state index contributed by atoms with van der Waals surface area (Å²) < 4.78 is 0. The highest BCUT2D eigenvalue weighted by Crippen LogP contribution is 2.46. The molecule has 3 aliphatic carbocycles. The van der Waals surface area contributed by atoms with E-state index in [0.29, 0.717) is 0 Å². The molecule has 0 aromatic carbocycles. The zero-order valence-corrected chi connectivity index (χ0v) is 10.1. The molecule has 0 nitrogen and oxygen atoms in total. The predicted molar refractivity (Wildman–Crippen MR) is 64.7 cm³/mol. The SMILES string of the molecule is C1CCC2CC(C1)CC1CCCCC1C2. The van der Waals surface area contributed by atoms with Crippen LogP contribution in [0.4, 0.5) is 0 Å². The highest BCUT2D eigenvalue weighted by Gasteiger charge is 2.34. The smallest absolute Gasteiger partial charge is 0.0383 e. The van der Waals surface area contributed by atoms with E-state index in [-0.39, 0.29) is 0 Å². The zero-order chi connectivity index (χ0) is 10.1. The Morgan fingerprint density at radius 2 is 0.933 bits per heavy atom. The second-order valence-electron chi connectivity index (χ2n) is 6.53. The second-order valence-corrected chi connectivity index (χ2v) is 6.53. The van der Waals surface area contributed by atoms with Crippen molar-refractivity contribution in [3.05, 3.63) is 0 Å². The Morgan fingerprint density at radius 1 is 0.467 bits per heavy atom. The maximum absolute atomic E-state index is 1.61. The van der Waals surface area contributed by atoms with E-state index in [2.05, 4.69) is 0 Å². The Hall–Kier alpha value is 0. The minimum atomic E-state index is 1.13. The summed E-state index contributed by atoms with van der Waals surface area (Å²) in [5, 5.41) is 0. The average Bonchev–Trinajstić information content (AvgIpc) is 2.57. The van der Waals surface area contributed by atoms with Gasteiger partial charge in [-0.15, -0.1) is 0 Å². The third kappa shape index (κ3) is 2.24. The lowest BCUT2D eigenvalue weighted by Crippen LogP contribution is -2.20. The van der Waals surface area contributed by atoms with Gasteiger partial charge in [0, 0.05) is 0 Å². The van der Waals surface area contributed by atoms with E-state index in [0.717, 1.165) is 23.7 Å². The zero-order valence-electron chi connectivity index (χ0n) is 10.1. The third-order valence-electron chi connectivity index (χ3n) is 5.48. The first-order chi connectivity index (χ1) is 7.42. The monoisotopic (exact) mass is 206 g/mol. The van der Waals surface area contributed by atoms with Crippen LogP contribution in [0.3, 0.4) is 0 Å². The molecule has 15 heavy (non-hydrogen) atoms. The first kappa shape index (κ1) is 10.2. The Kier molecular flexibility index (Phi) is 3.03. The van der Waals surface area contributed by atoms with Gasteiger partial charge in [0.15, 0.2) is 0 Å². The van der Waals surface area contributed by atoms with Gasteiger partial charge in [0.2, 0.25) is 0 Å². The van der Waals surface area contributed by atoms with Crippen molar-refractivity contribution < 1.29 is 0 Å². The summed E-state index contributed by atoms with van der Waals surface area (Å²) in [6.07, 6.45) is 17.3. The van der Waals surface area contributed by atoms with Gasteiger partial charge >= 0.3 is 0 Å². The van der Waals surface area contributed by atoms with Crippen LogP contribution in [0.25, 0.3) is 0 Å². The molecule has 0 saturated heterocycles. The first-order valence-corrected chi connectivity index (χ1v) is 7.42. The fourth-order valence-corrected chi connectivity index (χ4v) is 4.76. The van der Waals surface area contributed by atoms with Crippen LogP contribution in [0, 0.1) is 23.7 Å². The molecule has 0 aliphatic heterocycles. The van der Waals surface area contributed by atoms with Crippen molar-refractivity contribution in [3.8, 4) is 0 Å². The van der Waals surface area contributed by atoms with Crippen LogP contribution < -0.4 is 0 Å². The summed E-state index contributed by atoms with van der Waals surface area (Å²) >= 11 is 0. The molecule has 3 aliphatic rings. The molecule has 2 bridgehead atoms. The van der Waals surface area contributed by atoms with E-state index in [9.17, 15) is 0 Å². The van der Waals surface area contributed by atoms with Gasteiger partial charge in [-0.3, -0.25) is 0 Å². The van der Waals surface area contributed by atoms with Crippen LogP contribution in [-0.2, 0) is 0 Å². The van der Waals surface area contributed by atoms with Crippen LogP contribution in [0.1, 0.15) is 70.6 Å². The van der Waals surface area contributed by atoms with Gasteiger partial charge in [0.25, 0.3) is 0 Å². The number of fused-ring (bicyclic) bond motifs is 3.